The highest BCUT2D eigenvalue weighted by Crippen LogP contribution is 2.00. The van der Waals surface area contributed by atoms with E-state index >= 15 is 0 Å². The average Bonchev–Trinajstić information content (AvgIpc) is 2.10. The summed E-state index contributed by atoms with van der Waals surface area (Å²) >= 11 is 5.39. The normalized spacial score (nSPS) is 18.7. The van der Waals surface area contributed by atoms with Crippen molar-refractivity contribution in [3.05, 3.63) is 12.2 Å². The van der Waals surface area contributed by atoms with E-state index in [9.17, 15) is 9.59 Å². The molecule has 4 nitrogen and oxygen atoms in total. The number of alkyl halides is 1. The molecule has 0 saturated carbocycles. The van der Waals surface area contributed by atoms with E-state index in [0.717, 1.165) is 4.90 Å². The molecule has 0 aromatic heterocycles. The van der Waals surface area contributed by atoms with Crippen LogP contribution in [0.4, 0.5) is 0 Å². The lowest BCUT2D eigenvalue weighted by Gasteiger charge is -2.23. The summed E-state index contributed by atoms with van der Waals surface area (Å²) in [5.74, 6) is -0.210. The van der Waals surface area contributed by atoms with Crippen molar-refractivity contribution in [2.24, 2.45) is 0 Å². The molecule has 1 rings (SSSR count). The Labute approximate surface area is 81.1 Å². The van der Waals surface area contributed by atoms with Crippen LogP contribution in [0.25, 0.3) is 0 Å². The topological polar surface area (TPSA) is 46.6 Å². The Morgan fingerprint density at radius 3 is 2.46 bits per heavy atom. The molecule has 1 aliphatic heterocycles. The van der Waals surface area contributed by atoms with Crippen molar-refractivity contribution in [3.63, 3.8) is 0 Å². The molecule has 1 aliphatic rings. The standard InChI is InChI=1S/C8H10ClNO3/c9-3-1-2-4-10-7(11)5-13-6-8(10)12/h1-2H,3-6H2. The smallest absolute Gasteiger partial charge is 0.255 e. The van der Waals surface area contributed by atoms with Gasteiger partial charge in [0, 0.05) is 12.4 Å². The summed E-state index contributed by atoms with van der Waals surface area (Å²) in [5, 5.41) is 0. The molecule has 1 heterocycles. The van der Waals surface area contributed by atoms with Gasteiger partial charge in [0.15, 0.2) is 0 Å². The van der Waals surface area contributed by atoms with E-state index in [-0.39, 0.29) is 31.6 Å². The second-order valence-electron chi connectivity index (χ2n) is 2.52. The molecule has 0 aromatic carbocycles. The zero-order valence-corrected chi connectivity index (χ0v) is 7.79. The summed E-state index contributed by atoms with van der Waals surface area (Å²) < 4.78 is 4.74. The number of hydrogen-bond acceptors (Lipinski definition) is 3. The van der Waals surface area contributed by atoms with Gasteiger partial charge in [-0.15, -0.1) is 11.6 Å². The van der Waals surface area contributed by atoms with Crippen LogP contribution in [0.1, 0.15) is 0 Å². The van der Waals surface area contributed by atoms with E-state index < -0.39 is 0 Å². The first-order valence-electron chi connectivity index (χ1n) is 3.87. The second-order valence-corrected chi connectivity index (χ2v) is 2.83. The molecule has 0 radical (unpaired) electrons. The number of amides is 2. The monoisotopic (exact) mass is 203 g/mol. The lowest BCUT2D eigenvalue weighted by Crippen LogP contribution is -2.46. The minimum Gasteiger partial charge on any atom is -0.362 e. The van der Waals surface area contributed by atoms with E-state index in [1.165, 1.54) is 0 Å². The molecule has 0 spiro atoms. The Bertz CT molecular complexity index is 224. The zero-order valence-electron chi connectivity index (χ0n) is 7.03. The first-order valence-corrected chi connectivity index (χ1v) is 4.41. The summed E-state index contributed by atoms with van der Waals surface area (Å²) in [6, 6.07) is 0. The number of hydrogen-bond donors (Lipinski definition) is 0. The van der Waals surface area contributed by atoms with Crippen LogP contribution in [0.15, 0.2) is 12.2 Å². The molecule has 0 bridgehead atoms. The van der Waals surface area contributed by atoms with Gasteiger partial charge in [0.1, 0.15) is 13.2 Å². The van der Waals surface area contributed by atoms with Gasteiger partial charge in [-0.3, -0.25) is 14.5 Å². The predicted molar refractivity (Wildman–Crippen MR) is 47.4 cm³/mol. The van der Waals surface area contributed by atoms with Crippen molar-refractivity contribution in [1.82, 2.24) is 4.90 Å². The van der Waals surface area contributed by atoms with Crippen LogP contribution in [0, 0.1) is 0 Å². The average molecular weight is 204 g/mol. The fraction of sp³-hybridized carbons (Fsp3) is 0.500. The number of allylic oxidation sites excluding steroid dienone is 1. The number of carbonyl (C=O) groups is 2. The highest BCUT2D eigenvalue weighted by Gasteiger charge is 2.24. The number of carbonyl (C=O) groups excluding carboxylic acids is 2. The van der Waals surface area contributed by atoms with Crippen LogP contribution < -0.4 is 0 Å². The highest BCUT2D eigenvalue weighted by molar-refractivity contribution is 6.18. The molecular weight excluding hydrogens is 194 g/mol. The summed E-state index contributed by atoms with van der Waals surface area (Å²) in [6.45, 7) is 0.259. The molecule has 0 unspecified atom stereocenters. The number of rotatable bonds is 3. The van der Waals surface area contributed by atoms with Crippen molar-refractivity contribution in [2.75, 3.05) is 25.6 Å². The quantitative estimate of drug-likeness (QED) is 0.373. The SMILES string of the molecule is O=C1COCC(=O)N1CC=CCCl. The third kappa shape index (κ3) is 2.82. The molecule has 1 fully saturated rings. The van der Waals surface area contributed by atoms with Crippen molar-refractivity contribution in [3.8, 4) is 0 Å². The number of ether oxygens (including phenoxy) is 1. The lowest BCUT2D eigenvalue weighted by molar-refractivity contribution is -0.157. The minimum absolute atomic E-state index is 0.0134. The van der Waals surface area contributed by atoms with Crippen LogP contribution >= 0.6 is 11.6 Å². The van der Waals surface area contributed by atoms with E-state index in [1.54, 1.807) is 12.2 Å². The van der Waals surface area contributed by atoms with Gasteiger partial charge in [-0.1, -0.05) is 12.2 Å². The van der Waals surface area contributed by atoms with Crippen LogP contribution in [0.3, 0.4) is 0 Å². The van der Waals surface area contributed by atoms with Crippen LogP contribution in [0.5, 0.6) is 0 Å². The van der Waals surface area contributed by atoms with Gasteiger partial charge in [0.2, 0.25) is 0 Å². The zero-order chi connectivity index (χ0) is 9.68. The summed E-state index contributed by atoms with van der Waals surface area (Å²) in [4.78, 5) is 23.4. The molecule has 5 heteroatoms. The van der Waals surface area contributed by atoms with Crippen molar-refractivity contribution in [1.29, 1.82) is 0 Å². The maximum Gasteiger partial charge on any atom is 0.255 e. The van der Waals surface area contributed by atoms with Crippen molar-refractivity contribution in [2.45, 2.75) is 0 Å². The third-order valence-corrected chi connectivity index (χ3v) is 1.78. The Hall–Kier alpha value is -0.870. The van der Waals surface area contributed by atoms with E-state index in [1.807, 2.05) is 0 Å². The molecule has 0 atom stereocenters. The van der Waals surface area contributed by atoms with Gasteiger partial charge in [0.25, 0.3) is 11.8 Å². The molecule has 13 heavy (non-hydrogen) atoms. The number of imide groups is 1. The van der Waals surface area contributed by atoms with Gasteiger partial charge in [-0.2, -0.15) is 0 Å². The Morgan fingerprint density at radius 2 is 1.92 bits per heavy atom. The van der Waals surface area contributed by atoms with Crippen molar-refractivity contribution < 1.29 is 14.3 Å². The van der Waals surface area contributed by atoms with Gasteiger partial charge >= 0.3 is 0 Å². The second kappa shape index (κ2) is 4.99. The van der Waals surface area contributed by atoms with Gasteiger partial charge in [-0.25, -0.2) is 0 Å². The maximum atomic E-state index is 11.1. The molecule has 0 aromatic rings. The molecule has 1 saturated heterocycles. The number of nitrogens with zero attached hydrogens (tertiary/aromatic N) is 1. The molecule has 2 amide bonds. The minimum atomic E-state index is -0.296. The van der Waals surface area contributed by atoms with E-state index in [0.29, 0.717) is 5.88 Å². The fourth-order valence-corrected chi connectivity index (χ4v) is 1.09. The van der Waals surface area contributed by atoms with Crippen LogP contribution in [-0.2, 0) is 14.3 Å². The molecule has 0 N–H and O–H groups in total. The Kier molecular flexibility index (Phi) is 3.92. The number of halogens is 1. The van der Waals surface area contributed by atoms with Crippen molar-refractivity contribution >= 4 is 23.4 Å². The molecule has 0 aliphatic carbocycles. The predicted octanol–water partition coefficient (Wildman–Crippen LogP) is 0.167. The van der Waals surface area contributed by atoms with Gasteiger partial charge in [0.05, 0.1) is 0 Å². The van der Waals surface area contributed by atoms with Gasteiger partial charge in [-0.05, 0) is 0 Å². The maximum absolute atomic E-state index is 11.1. The Balaban J connectivity index is 2.49. The fourth-order valence-electron chi connectivity index (χ4n) is 0.967. The number of morpholine rings is 1. The van der Waals surface area contributed by atoms with Crippen LogP contribution in [-0.4, -0.2) is 42.4 Å². The van der Waals surface area contributed by atoms with E-state index in [2.05, 4.69) is 0 Å². The first kappa shape index (κ1) is 10.2. The highest BCUT2D eigenvalue weighted by atomic mass is 35.5. The first-order chi connectivity index (χ1) is 6.25. The summed E-state index contributed by atoms with van der Waals surface area (Å²) in [6.07, 6.45) is 3.38. The van der Waals surface area contributed by atoms with Crippen LogP contribution in [0.2, 0.25) is 0 Å². The van der Waals surface area contributed by atoms with E-state index in [4.69, 9.17) is 16.3 Å². The lowest BCUT2D eigenvalue weighted by atomic mass is 10.3. The third-order valence-electron chi connectivity index (χ3n) is 1.60. The summed E-state index contributed by atoms with van der Waals surface area (Å²) in [5.41, 5.74) is 0. The largest absolute Gasteiger partial charge is 0.362 e. The van der Waals surface area contributed by atoms with Gasteiger partial charge < -0.3 is 4.74 Å². The Morgan fingerprint density at radius 1 is 1.31 bits per heavy atom. The summed E-state index contributed by atoms with van der Waals surface area (Å²) in [7, 11) is 0. The molecular formula is C8H10ClNO3. The molecule has 72 valence electrons.